The zero-order valence-corrected chi connectivity index (χ0v) is 23.2. The fourth-order valence-electron chi connectivity index (χ4n) is 5.01. The van der Waals surface area contributed by atoms with E-state index in [1.807, 2.05) is 103 Å². The Labute approximate surface area is 241 Å². The summed E-state index contributed by atoms with van der Waals surface area (Å²) >= 11 is 0. The molecule has 0 spiro atoms. The molecule has 0 aliphatic carbocycles. The summed E-state index contributed by atoms with van der Waals surface area (Å²) in [5, 5.41) is 15.6. The third-order valence-electron chi connectivity index (χ3n) is 7.27. The molecule has 0 unspecified atom stereocenters. The zero-order valence-electron chi connectivity index (χ0n) is 23.2. The average Bonchev–Trinajstić information content (AvgIpc) is 3.00. The van der Waals surface area contributed by atoms with Gasteiger partial charge in [0, 0.05) is 6.42 Å². The van der Waals surface area contributed by atoms with Gasteiger partial charge in [-0.1, -0.05) is 103 Å². The minimum Gasteiger partial charge on any atom is -0.455 e. The normalized spacial score (nSPS) is 20.6. The number of carbonyl (C=O) groups is 3. The molecule has 41 heavy (non-hydrogen) atoms. The molecule has 1 heterocycles. The highest BCUT2D eigenvalue weighted by Crippen LogP contribution is 2.24. The molecule has 1 aliphatic rings. The van der Waals surface area contributed by atoms with Crippen molar-refractivity contribution < 1.29 is 24.2 Å². The van der Waals surface area contributed by atoms with Gasteiger partial charge in [-0.3, -0.25) is 14.4 Å². The Morgan fingerprint density at radius 3 is 2.07 bits per heavy atom. The number of allylic oxidation sites excluding steroid dienone is 2. The van der Waals surface area contributed by atoms with Gasteiger partial charge in [0.1, 0.15) is 6.10 Å². The molecule has 214 valence electrons. The Bertz CT molecular complexity index is 1280. The van der Waals surface area contributed by atoms with Crippen molar-refractivity contribution in [3.63, 3.8) is 0 Å². The number of hydrogen-bond donors (Lipinski definition) is 3. The maximum Gasteiger partial charge on any atom is 0.310 e. The Hall–Kier alpha value is -4.23. The van der Waals surface area contributed by atoms with Gasteiger partial charge in [-0.2, -0.15) is 0 Å². The van der Waals surface area contributed by atoms with Crippen molar-refractivity contribution in [2.45, 2.75) is 44.2 Å². The van der Waals surface area contributed by atoms with E-state index in [0.717, 1.165) is 16.7 Å². The molecule has 0 saturated heterocycles. The minimum atomic E-state index is -0.659. The minimum absolute atomic E-state index is 0.0231. The fourth-order valence-corrected chi connectivity index (χ4v) is 5.01. The first-order valence-corrected chi connectivity index (χ1v) is 14.2. The van der Waals surface area contributed by atoms with Crippen LogP contribution in [0.3, 0.4) is 0 Å². The largest absolute Gasteiger partial charge is 0.455 e. The number of nitrogens with one attached hydrogen (secondary N) is 2. The molecule has 4 rings (SSSR count). The number of esters is 1. The van der Waals surface area contributed by atoms with Crippen molar-refractivity contribution in [1.82, 2.24) is 10.6 Å². The molecule has 3 aromatic rings. The highest BCUT2D eigenvalue weighted by molar-refractivity contribution is 5.86. The SMILES string of the molecule is O=C(C[C@H]1CC=CC[C@@H](Cc2ccccc2)C(=O)O[C@@H](c2ccccc2)CNC1=O)N[C@H](CO)Cc1ccccc1. The monoisotopic (exact) mass is 554 g/mol. The molecule has 3 N–H and O–H groups in total. The molecule has 0 radical (unpaired) electrons. The summed E-state index contributed by atoms with van der Waals surface area (Å²) < 4.78 is 5.99. The lowest BCUT2D eigenvalue weighted by atomic mass is 9.94. The maximum absolute atomic E-state index is 13.3. The van der Waals surface area contributed by atoms with E-state index in [-0.39, 0.29) is 43.3 Å². The Morgan fingerprint density at radius 1 is 0.854 bits per heavy atom. The molecule has 7 heteroatoms. The topological polar surface area (TPSA) is 105 Å². The second kappa shape index (κ2) is 15.5. The van der Waals surface area contributed by atoms with E-state index in [0.29, 0.717) is 25.7 Å². The van der Waals surface area contributed by atoms with Crippen LogP contribution in [0.25, 0.3) is 0 Å². The number of aliphatic hydroxyl groups is 1. The lowest BCUT2D eigenvalue weighted by molar-refractivity contribution is -0.154. The van der Waals surface area contributed by atoms with Crippen LogP contribution < -0.4 is 10.6 Å². The predicted octanol–water partition coefficient (Wildman–Crippen LogP) is 4.32. The van der Waals surface area contributed by atoms with Gasteiger partial charge in [0.15, 0.2) is 0 Å². The van der Waals surface area contributed by atoms with E-state index in [1.54, 1.807) is 0 Å². The van der Waals surface area contributed by atoms with E-state index in [4.69, 9.17) is 4.74 Å². The Kier molecular flexibility index (Phi) is 11.3. The van der Waals surface area contributed by atoms with Crippen LogP contribution in [0.1, 0.15) is 42.1 Å². The van der Waals surface area contributed by atoms with Crippen LogP contribution in [0.2, 0.25) is 0 Å². The van der Waals surface area contributed by atoms with Crippen molar-refractivity contribution in [3.8, 4) is 0 Å². The number of cyclic esters (lactones) is 1. The maximum atomic E-state index is 13.3. The summed E-state index contributed by atoms with van der Waals surface area (Å²) in [5.74, 6) is -1.89. The summed E-state index contributed by atoms with van der Waals surface area (Å²) in [6.07, 6.45) is 4.92. The van der Waals surface area contributed by atoms with Crippen LogP contribution in [0.4, 0.5) is 0 Å². The molecular formula is C34H38N2O5. The number of amides is 2. The highest BCUT2D eigenvalue weighted by Gasteiger charge is 2.28. The lowest BCUT2D eigenvalue weighted by Gasteiger charge is -2.24. The molecule has 7 nitrogen and oxygen atoms in total. The number of ether oxygens (including phenoxy) is 1. The van der Waals surface area contributed by atoms with E-state index < -0.39 is 18.1 Å². The molecular weight excluding hydrogens is 516 g/mol. The Morgan fingerprint density at radius 2 is 1.44 bits per heavy atom. The number of carbonyl (C=O) groups excluding carboxylic acids is 3. The summed E-state index contributed by atoms with van der Waals surface area (Å²) in [6, 6.07) is 28.4. The standard InChI is InChI=1S/C34H38N2O5/c37-24-30(21-26-14-6-2-7-15-26)36-32(38)22-28-18-10-11-19-29(20-25-12-4-1-5-13-25)34(40)41-31(23-35-33(28)39)27-16-8-3-9-17-27/h1-17,28-31,37H,18-24H2,(H,35,39)(H,36,38)/t28-,29+,30+,31-/m1/s1. The van der Waals surface area contributed by atoms with Crippen molar-refractivity contribution >= 4 is 17.8 Å². The second-order valence-electron chi connectivity index (χ2n) is 10.4. The lowest BCUT2D eigenvalue weighted by Crippen LogP contribution is -2.42. The van der Waals surface area contributed by atoms with Crippen molar-refractivity contribution in [1.29, 1.82) is 0 Å². The van der Waals surface area contributed by atoms with Gasteiger partial charge in [-0.15, -0.1) is 0 Å². The number of rotatable bonds is 9. The van der Waals surface area contributed by atoms with Gasteiger partial charge in [0.25, 0.3) is 0 Å². The van der Waals surface area contributed by atoms with E-state index in [2.05, 4.69) is 10.6 Å². The molecule has 3 aromatic carbocycles. The molecule has 1 aliphatic heterocycles. The van der Waals surface area contributed by atoms with Gasteiger partial charge in [-0.25, -0.2) is 0 Å². The van der Waals surface area contributed by atoms with Crippen molar-refractivity contribution in [2.24, 2.45) is 11.8 Å². The first-order valence-electron chi connectivity index (χ1n) is 14.2. The van der Waals surface area contributed by atoms with E-state index >= 15 is 0 Å². The summed E-state index contributed by atoms with van der Waals surface area (Å²) in [4.78, 5) is 39.6. The fraction of sp³-hybridized carbons (Fsp3) is 0.324. The van der Waals surface area contributed by atoms with Gasteiger partial charge in [0.2, 0.25) is 11.8 Å². The number of benzene rings is 3. The third-order valence-corrected chi connectivity index (χ3v) is 7.27. The quantitative estimate of drug-likeness (QED) is 0.270. The van der Waals surface area contributed by atoms with Crippen LogP contribution in [-0.4, -0.2) is 42.1 Å². The van der Waals surface area contributed by atoms with Gasteiger partial charge in [0.05, 0.1) is 31.0 Å². The van der Waals surface area contributed by atoms with Crippen molar-refractivity contribution in [3.05, 3.63) is 120 Å². The van der Waals surface area contributed by atoms with Crippen LogP contribution >= 0.6 is 0 Å². The van der Waals surface area contributed by atoms with Crippen LogP contribution in [-0.2, 0) is 32.0 Å². The van der Waals surface area contributed by atoms with Crippen molar-refractivity contribution in [2.75, 3.05) is 13.2 Å². The van der Waals surface area contributed by atoms with Gasteiger partial charge >= 0.3 is 5.97 Å². The molecule has 0 aromatic heterocycles. The molecule has 0 fully saturated rings. The van der Waals surface area contributed by atoms with E-state index in [9.17, 15) is 19.5 Å². The second-order valence-corrected chi connectivity index (χ2v) is 10.4. The smallest absolute Gasteiger partial charge is 0.310 e. The first-order chi connectivity index (χ1) is 20.0. The van der Waals surface area contributed by atoms with Crippen LogP contribution in [0.5, 0.6) is 0 Å². The summed E-state index contributed by atoms with van der Waals surface area (Å²) in [6.45, 7) is -0.105. The molecule has 0 bridgehead atoms. The highest BCUT2D eigenvalue weighted by atomic mass is 16.5. The van der Waals surface area contributed by atoms with Gasteiger partial charge < -0.3 is 20.5 Å². The zero-order chi connectivity index (χ0) is 28.9. The summed E-state index contributed by atoms with van der Waals surface area (Å²) in [7, 11) is 0. The first kappa shape index (κ1) is 29.7. The molecule has 0 saturated carbocycles. The van der Waals surface area contributed by atoms with Crippen LogP contribution in [0.15, 0.2) is 103 Å². The van der Waals surface area contributed by atoms with Gasteiger partial charge in [-0.05, 0) is 42.4 Å². The number of aliphatic hydroxyl groups excluding tert-OH is 1. The van der Waals surface area contributed by atoms with Crippen LogP contribution in [0, 0.1) is 11.8 Å². The summed E-state index contributed by atoms with van der Waals surface area (Å²) in [5.41, 5.74) is 2.83. The molecule has 4 atom stereocenters. The predicted molar refractivity (Wildman–Crippen MR) is 158 cm³/mol. The van der Waals surface area contributed by atoms with E-state index in [1.165, 1.54) is 0 Å². The third kappa shape index (κ3) is 9.43. The number of hydrogen-bond acceptors (Lipinski definition) is 5. The molecule has 2 amide bonds. The average molecular weight is 555 g/mol. The Balaban J connectivity index is 1.48.